The molecule has 0 bridgehead atoms. The third-order valence-electron chi connectivity index (χ3n) is 4.12. The van der Waals surface area contributed by atoms with Gasteiger partial charge in [0.25, 0.3) is 0 Å². The van der Waals surface area contributed by atoms with Crippen molar-refractivity contribution in [3.63, 3.8) is 0 Å². The number of nitrogens with one attached hydrogen (secondary N) is 2. The Balaban J connectivity index is 2.26. The van der Waals surface area contributed by atoms with E-state index in [1.165, 1.54) is 5.56 Å². The summed E-state index contributed by atoms with van der Waals surface area (Å²) in [4.78, 5) is 20.1. The molecule has 2 aromatic rings. The molecule has 134 valence electrons. The molecule has 5 heteroatoms. The van der Waals surface area contributed by atoms with Crippen molar-refractivity contribution in [2.75, 3.05) is 10.6 Å². The molecule has 1 heterocycles. The minimum Gasteiger partial charge on any atom is -0.367 e. The topological polar surface area (TPSA) is 66.9 Å². The zero-order valence-corrected chi connectivity index (χ0v) is 15.8. The molecular formula is C20H28N4O. The minimum atomic E-state index is 0.0901. The summed E-state index contributed by atoms with van der Waals surface area (Å²) < 4.78 is 0. The molecule has 1 unspecified atom stereocenters. The van der Waals surface area contributed by atoms with Crippen LogP contribution in [0.15, 0.2) is 30.3 Å². The Bertz CT molecular complexity index is 705. The van der Waals surface area contributed by atoms with Crippen LogP contribution in [0.1, 0.15) is 56.6 Å². The third kappa shape index (κ3) is 5.55. The quantitative estimate of drug-likeness (QED) is 0.697. The highest BCUT2D eigenvalue weighted by atomic mass is 16.1. The molecule has 2 rings (SSSR count). The maximum Gasteiger partial charge on any atom is 0.229 e. The first-order chi connectivity index (χ1) is 11.8. The second-order valence-corrected chi connectivity index (χ2v) is 7.46. The molecule has 1 aromatic carbocycles. The first-order valence-electron chi connectivity index (χ1n) is 8.76. The summed E-state index contributed by atoms with van der Waals surface area (Å²) in [6.07, 6.45) is 2.86. The number of rotatable bonds is 7. The number of aldehydes is 1. The molecule has 0 aliphatic rings. The Hall–Kier alpha value is -2.43. The van der Waals surface area contributed by atoms with Crippen molar-refractivity contribution in [3.05, 3.63) is 41.6 Å². The van der Waals surface area contributed by atoms with Gasteiger partial charge in [-0.25, -0.2) is 4.98 Å². The van der Waals surface area contributed by atoms with E-state index in [1.807, 2.05) is 31.2 Å². The minimum absolute atomic E-state index is 0.0901. The van der Waals surface area contributed by atoms with Gasteiger partial charge in [-0.15, -0.1) is 0 Å². The maximum atomic E-state index is 11.3. The lowest BCUT2D eigenvalue weighted by Crippen LogP contribution is -2.34. The highest BCUT2D eigenvalue weighted by Crippen LogP contribution is 2.26. The number of carbonyl (C=O) groups excluding carboxylic acids is 1. The normalized spacial score (nSPS) is 12.5. The molecule has 5 nitrogen and oxygen atoms in total. The van der Waals surface area contributed by atoms with Crippen molar-refractivity contribution in [2.45, 2.75) is 53.5 Å². The molecule has 0 aliphatic carbocycles. The number of hydrogen-bond donors (Lipinski definition) is 2. The van der Waals surface area contributed by atoms with Crippen LogP contribution < -0.4 is 10.6 Å². The van der Waals surface area contributed by atoms with Crippen LogP contribution in [0.3, 0.4) is 0 Å². The average molecular weight is 340 g/mol. The summed E-state index contributed by atoms with van der Waals surface area (Å²) in [5, 5.41) is 6.65. The Morgan fingerprint density at radius 1 is 1.16 bits per heavy atom. The average Bonchev–Trinajstić information content (AvgIpc) is 2.55. The molecule has 2 N–H and O–H groups in total. The van der Waals surface area contributed by atoms with E-state index >= 15 is 0 Å². The number of aromatic nitrogens is 2. The van der Waals surface area contributed by atoms with Crippen LogP contribution in [-0.2, 0) is 0 Å². The van der Waals surface area contributed by atoms with Crippen LogP contribution in [0.25, 0.3) is 0 Å². The summed E-state index contributed by atoms with van der Waals surface area (Å²) >= 11 is 0. The van der Waals surface area contributed by atoms with E-state index in [4.69, 9.17) is 0 Å². The number of nitrogens with zero attached hydrogens (tertiary/aromatic N) is 2. The monoisotopic (exact) mass is 340 g/mol. The highest BCUT2D eigenvalue weighted by Gasteiger charge is 2.24. The van der Waals surface area contributed by atoms with Crippen molar-refractivity contribution in [1.29, 1.82) is 0 Å². The number of anilines is 3. The van der Waals surface area contributed by atoms with Gasteiger partial charge < -0.3 is 10.6 Å². The predicted molar refractivity (Wildman–Crippen MR) is 104 cm³/mol. The zero-order chi connectivity index (χ0) is 18.4. The van der Waals surface area contributed by atoms with Crippen molar-refractivity contribution < 1.29 is 4.79 Å². The molecule has 0 radical (unpaired) electrons. The van der Waals surface area contributed by atoms with Crippen molar-refractivity contribution in [2.24, 2.45) is 5.41 Å². The van der Waals surface area contributed by atoms with Gasteiger partial charge in [-0.3, -0.25) is 4.79 Å². The van der Waals surface area contributed by atoms with E-state index in [0.717, 1.165) is 24.8 Å². The number of hydrogen-bond acceptors (Lipinski definition) is 5. The van der Waals surface area contributed by atoms with Crippen LogP contribution in [0, 0.1) is 12.3 Å². The van der Waals surface area contributed by atoms with E-state index in [2.05, 4.69) is 48.3 Å². The predicted octanol–water partition coefficient (Wildman–Crippen LogP) is 4.97. The lowest BCUT2D eigenvalue weighted by molar-refractivity contribution is 0.111. The zero-order valence-electron chi connectivity index (χ0n) is 15.8. The first kappa shape index (κ1) is 18.9. The Kier molecular flexibility index (Phi) is 6.12. The van der Waals surface area contributed by atoms with Gasteiger partial charge in [-0.05, 0) is 30.9 Å². The van der Waals surface area contributed by atoms with E-state index in [9.17, 15) is 4.79 Å². The van der Waals surface area contributed by atoms with Crippen molar-refractivity contribution >= 4 is 23.7 Å². The van der Waals surface area contributed by atoms with Gasteiger partial charge in [0.1, 0.15) is 11.5 Å². The molecule has 25 heavy (non-hydrogen) atoms. The van der Waals surface area contributed by atoms with E-state index < -0.39 is 0 Å². The van der Waals surface area contributed by atoms with Gasteiger partial charge in [0, 0.05) is 17.8 Å². The van der Waals surface area contributed by atoms with E-state index in [0.29, 0.717) is 17.5 Å². The standard InChI is InChI=1S/C20H28N4O/c1-6-7-17(20(3,4)5)23-18-12-16(13-25)22-19(24-18)21-15-10-8-14(2)9-11-15/h8-13,17H,6-7H2,1-5H3,(H2,21,22,23,24). The molecule has 1 aromatic heterocycles. The Labute approximate surface area is 150 Å². The van der Waals surface area contributed by atoms with Gasteiger partial charge in [0.2, 0.25) is 5.95 Å². The van der Waals surface area contributed by atoms with E-state index in [-0.39, 0.29) is 11.5 Å². The lowest BCUT2D eigenvalue weighted by atomic mass is 9.84. The second-order valence-electron chi connectivity index (χ2n) is 7.46. The number of aryl methyl sites for hydroxylation is 1. The van der Waals surface area contributed by atoms with Crippen LogP contribution in [-0.4, -0.2) is 22.3 Å². The molecule has 1 atom stereocenters. The first-order valence-corrected chi connectivity index (χ1v) is 8.76. The van der Waals surface area contributed by atoms with Crippen molar-refractivity contribution in [3.8, 4) is 0 Å². The number of carbonyl (C=O) groups is 1. The molecule has 0 aliphatic heterocycles. The largest absolute Gasteiger partial charge is 0.367 e. The molecular weight excluding hydrogens is 312 g/mol. The Morgan fingerprint density at radius 3 is 2.40 bits per heavy atom. The molecule has 0 amide bonds. The van der Waals surface area contributed by atoms with Gasteiger partial charge in [0.15, 0.2) is 6.29 Å². The fraction of sp³-hybridized carbons (Fsp3) is 0.450. The summed E-state index contributed by atoms with van der Waals surface area (Å²) in [6.45, 7) is 10.8. The second kappa shape index (κ2) is 8.10. The van der Waals surface area contributed by atoms with Crippen LogP contribution >= 0.6 is 0 Å². The SMILES string of the molecule is CCCC(Nc1cc(C=O)nc(Nc2ccc(C)cc2)n1)C(C)(C)C. The maximum absolute atomic E-state index is 11.3. The van der Waals surface area contributed by atoms with Gasteiger partial charge in [-0.2, -0.15) is 4.98 Å². The molecule has 0 spiro atoms. The molecule has 0 saturated carbocycles. The van der Waals surface area contributed by atoms with E-state index in [1.54, 1.807) is 6.07 Å². The Morgan fingerprint density at radius 2 is 1.84 bits per heavy atom. The van der Waals surface area contributed by atoms with Gasteiger partial charge in [-0.1, -0.05) is 51.8 Å². The summed E-state index contributed by atoms with van der Waals surface area (Å²) in [5.41, 5.74) is 2.52. The smallest absolute Gasteiger partial charge is 0.229 e. The third-order valence-corrected chi connectivity index (χ3v) is 4.12. The fourth-order valence-electron chi connectivity index (χ4n) is 2.61. The van der Waals surface area contributed by atoms with Crippen LogP contribution in [0.4, 0.5) is 17.5 Å². The molecule has 0 fully saturated rings. The van der Waals surface area contributed by atoms with Crippen LogP contribution in [0.2, 0.25) is 0 Å². The van der Waals surface area contributed by atoms with Crippen LogP contribution in [0.5, 0.6) is 0 Å². The van der Waals surface area contributed by atoms with Gasteiger partial charge >= 0.3 is 0 Å². The molecule has 0 saturated heterocycles. The fourth-order valence-corrected chi connectivity index (χ4v) is 2.61. The highest BCUT2D eigenvalue weighted by molar-refractivity contribution is 5.74. The lowest BCUT2D eigenvalue weighted by Gasteiger charge is -2.32. The summed E-state index contributed by atoms with van der Waals surface area (Å²) in [5.74, 6) is 1.08. The summed E-state index contributed by atoms with van der Waals surface area (Å²) in [6, 6.07) is 9.92. The van der Waals surface area contributed by atoms with Crippen molar-refractivity contribution in [1.82, 2.24) is 9.97 Å². The van der Waals surface area contributed by atoms with Gasteiger partial charge in [0.05, 0.1) is 0 Å². The number of benzene rings is 1. The summed E-state index contributed by atoms with van der Waals surface area (Å²) in [7, 11) is 0.